The molecule has 38 heavy (non-hydrogen) atoms. The minimum Gasteiger partial charge on any atom is -0.393 e. The molecule has 1 fully saturated rings. The standard InChI is InChI=1S/C29H36F4N4O/c1-4-5-8-36-13-20(14-36)34-19-11-23(31)26(24(32)12-19)28-27-22(21-10-18(30)6-7-25(21)35-27)9-17(2)37(28)15-29(3,33)16-38/h6-7,10-12,17,20,28,34-35,38H,4-5,8-9,13-16H2,1-3H3/t17-,28-,29?/m1/s1. The first-order chi connectivity index (χ1) is 18.1. The zero-order chi connectivity index (χ0) is 27.2. The number of halogens is 4. The highest BCUT2D eigenvalue weighted by atomic mass is 19.1. The summed E-state index contributed by atoms with van der Waals surface area (Å²) in [5.41, 5.74) is 0.121. The van der Waals surface area contributed by atoms with Gasteiger partial charge in [0.05, 0.1) is 18.7 Å². The number of likely N-dealkylation sites (tertiary alicyclic amines) is 1. The maximum absolute atomic E-state index is 15.8. The van der Waals surface area contributed by atoms with Crippen molar-refractivity contribution < 1.29 is 22.7 Å². The van der Waals surface area contributed by atoms with Gasteiger partial charge in [0.2, 0.25) is 0 Å². The van der Waals surface area contributed by atoms with E-state index in [-0.39, 0.29) is 24.2 Å². The van der Waals surface area contributed by atoms with E-state index in [0.717, 1.165) is 38.0 Å². The van der Waals surface area contributed by atoms with Gasteiger partial charge in [-0.15, -0.1) is 0 Å². The number of aromatic amines is 1. The highest BCUT2D eigenvalue weighted by Gasteiger charge is 2.42. The Morgan fingerprint density at radius 3 is 2.50 bits per heavy atom. The van der Waals surface area contributed by atoms with Gasteiger partial charge in [0.25, 0.3) is 0 Å². The Balaban J connectivity index is 1.52. The van der Waals surface area contributed by atoms with Gasteiger partial charge in [-0.05, 0) is 69.1 Å². The second-order valence-electron chi connectivity index (χ2n) is 11.2. The number of unbranched alkanes of at least 4 members (excludes halogenated alkanes) is 1. The van der Waals surface area contributed by atoms with E-state index in [1.165, 1.54) is 31.2 Å². The number of hydrogen-bond acceptors (Lipinski definition) is 4. The molecule has 3 N–H and O–H groups in total. The molecule has 0 aliphatic carbocycles. The van der Waals surface area contributed by atoms with Crippen LogP contribution < -0.4 is 5.32 Å². The van der Waals surface area contributed by atoms with Crippen LogP contribution in [0.1, 0.15) is 56.5 Å². The molecular formula is C29H36F4N4O. The van der Waals surface area contributed by atoms with Crippen molar-refractivity contribution in [3.8, 4) is 0 Å². The molecule has 0 bridgehead atoms. The molecule has 5 nitrogen and oxygen atoms in total. The van der Waals surface area contributed by atoms with Crippen molar-refractivity contribution in [1.82, 2.24) is 14.8 Å². The lowest BCUT2D eigenvalue weighted by Crippen LogP contribution is -2.54. The number of hydrogen-bond donors (Lipinski definition) is 3. The molecule has 3 aromatic rings. The summed E-state index contributed by atoms with van der Waals surface area (Å²) < 4.78 is 60.8. The van der Waals surface area contributed by atoms with Crippen LogP contribution in [-0.2, 0) is 6.42 Å². The van der Waals surface area contributed by atoms with Crippen LogP contribution in [0.2, 0.25) is 0 Å². The fourth-order valence-corrected chi connectivity index (χ4v) is 5.91. The van der Waals surface area contributed by atoms with Gasteiger partial charge in [-0.25, -0.2) is 17.6 Å². The normalized spacial score (nSPS) is 22.3. The molecule has 3 atom stereocenters. The van der Waals surface area contributed by atoms with E-state index < -0.39 is 35.8 Å². The van der Waals surface area contributed by atoms with Gasteiger partial charge in [0.1, 0.15) is 23.1 Å². The zero-order valence-corrected chi connectivity index (χ0v) is 22.1. The van der Waals surface area contributed by atoms with Crippen LogP contribution in [-0.4, -0.2) is 70.4 Å². The van der Waals surface area contributed by atoms with E-state index in [4.69, 9.17) is 0 Å². The van der Waals surface area contributed by atoms with E-state index in [2.05, 4.69) is 22.1 Å². The molecule has 9 heteroatoms. The first-order valence-electron chi connectivity index (χ1n) is 13.4. The molecule has 5 rings (SSSR count). The average molecular weight is 533 g/mol. The number of benzene rings is 2. The van der Waals surface area contributed by atoms with E-state index >= 15 is 13.2 Å². The molecule has 0 spiro atoms. The molecule has 0 radical (unpaired) electrons. The summed E-state index contributed by atoms with van der Waals surface area (Å²) in [6, 6.07) is 5.76. The van der Waals surface area contributed by atoms with Crippen molar-refractivity contribution in [2.75, 3.05) is 38.1 Å². The quantitative estimate of drug-likeness (QED) is 0.317. The number of aliphatic hydroxyl groups is 1. The molecule has 2 aromatic carbocycles. The Hall–Kier alpha value is -2.62. The number of nitrogens with zero attached hydrogens (tertiary/aromatic N) is 2. The fraction of sp³-hybridized carbons (Fsp3) is 0.517. The summed E-state index contributed by atoms with van der Waals surface area (Å²) in [7, 11) is 0. The maximum atomic E-state index is 15.8. The van der Waals surface area contributed by atoms with Gasteiger partial charge >= 0.3 is 0 Å². The number of aromatic nitrogens is 1. The predicted octanol–water partition coefficient (Wildman–Crippen LogP) is 5.54. The van der Waals surface area contributed by atoms with E-state index in [0.29, 0.717) is 28.7 Å². The monoisotopic (exact) mass is 532 g/mol. The summed E-state index contributed by atoms with van der Waals surface area (Å²) in [6.07, 6.45) is 2.68. The lowest BCUT2D eigenvalue weighted by molar-refractivity contribution is 0.0162. The zero-order valence-electron chi connectivity index (χ0n) is 22.1. The fourth-order valence-electron chi connectivity index (χ4n) is 5.91. The molecular weight excluding hydrogens is 496 g/mol. The van der Waals surface area contributed by atoms with Crippen LogP contribution in [0.4, 0.5) is 23.2 Å². The lowest BCUT2D eigenvalue weighted by Gasteiger charge is -2.43. The van der Waals surface area contributed by atoms with E-state index in [1.807, 2.05) is 6.92 Å². The summed E-state index contributed by atoms with van der Waals surface area (Å²) in [5.74, 6) is -1.88. The van der Waals surface area contributed by atoms with Crippen molar-refractivity contribution in [3.63, 3.8) is 0 Å². The van der Waals surface area contributed by atoms with Crippen molar-refractivity contribution in [2.45, 2.75) is 63.8 Å². The number of aliphatic hydroxyl groups excluding tert-OH is 1. The van der Waals surface area contributed by atoms with Crippen LogP contribution in [0, 0.1) is 17.5 Å². The Morgan fingerprint density at radius 2 is 1.84 bits per heavy atom. The summed E-state index contributed by atoms with van der Waals surface area (Å²) >= 11 is 0. The average Bonchev–Trinajstić information content (AvgIpc) is 3.18. The molecule has 1 aromatic heterocycles. The van der Waals surface area contributed by atoms with Gasteiger partial charge in [0, 0.05) is 53.5 Å². The number of H-pyrrole nitrogens is 1. The number of anilines is 1. The molecule has 0 saturated carbocycles. The topological polar surface area (TPSA) is 54.5 Å². The summed E-state index contributed by atoms with van der Waals surface area (Å²) in [5, 5.41) is 13.5. The molecule has 206 valence electrons. The third kappa shape index (κ3) is 5.16. The largest absolute Gasteiger partial charge is 0.393 e. The second kappa shape index (κ2) is 10.5. The minimum absolute atomic E-state index is 0.120. The van der Waals surface area contributed by atoms with Crippen LogP contribution >= 0.6 is 0 Å². The molecule has 0 amide bonds. The van der Waals surface area contributed by atoms with Gasteiger partial charge < -0.3 is 15.4 Å². The predicted molar refractivity (Wildman–Crippen MR) is 142 cm³/mol. The van der Waals surface area contributed by atoms with Crippen molar-refractivity contribution in [2.24, 2.45) is 0 Å². The third-order valence-corrected chi connectivity index (χ3v) is 7.92. The Bertz CT molecular complexity index is 1280. The van der Waals surface area contributed by atoms with Crippen LogP contribution in [0.5, 0.6) is 0 Å². The minimum atomic E-state index is -1.98. The summed E-state index contributed by atoms with van der Waals surface area (Å²) in [6.45, 7) is 6.98. The molecule has 3 heterocycles. The number of nitrogens with one attached hydrogen (secondary N) is 2. The number of alkyl halides is 1. The Morgan fingerprint density at radius 1 is 1.13 bits per heavy atom. The van der Waals surface area contributed by atoms with Crippen LogP contribution in [0.25, 0.3) is 10.9 Å². The highest BCUT2D eigenvalue weighted by Crippen LogP contribution is 2.43. The maximum Gasteiger partial charge on any atom is 0.143 e. The van der Waals surface area contributed by atoms with Crippen LogP contribution in [0.3, 0.4) is 0 Å². The first kappa shape index (κ1) is 27.0. The molecule has 1 saturated heterocycles. The van der Waals surface area contributed by atoms with Crippen molar-refractivity contribution in [3.05, 3.63) is 64.6 Å². The second-order valence-corrected chi connectivity index (χ2v) is 11.2. The van der Waals surface area contributed by atoms with Gasteiger partial charge in [-0.2, -0.15) is 0 Å². The molecule has 2 aliphatic rings. The molecule has 1 unspecified atom stereocenters. The van der Waals surface area contributed by atoms with Crippen molar-refractivity contribution >= 4 is 16.6 Å². The third-order valence-electron chi connectivity index (χ3n) is 7.92. The summed E-state index contributed by atoms with van der Waals surface area (Å²) in [4.78, 5) is 7.23. The lowest BCUT2D eigenvalue weighted by atomic mass is 9.87. The Kier molecular flexibility index (Phi) is 7.46. The number of rotatable bonds is 9. The van der Waals surface area contributed by atoms with E-state index in [9.17, 15) is 9.50 Å². The highest BCUT2D eigenvalue weighted by molar-refractivity contribution is 5.85. The van der Waals surface area contributed by atoms with Gasteiger partial charge in [-0.3, -0.25) is 9.80 Å². The first-order valence-corrected chi connectivity index (χ1v) is 13.4. The van der Waals surface area contributed by atoms with Gasteiger partial charge in [0.15, 0.2) is 0 Å². The SMILES string of the molecule is CCCCN1CC(Nc2cc(F)c([C@@H]3c4[nH]c5ccc(F)cc5c4C[C@@H](C)N3CC(C)(F)CO)c(F)c2)C1. The molecule has 2 aliphatic heterocycles. The van der Waals surface area contributed by atoms with Crippen molar-refractivity contribution in [1.29, 1.82) is 0 Å². The number of fused-ring (bicyclic) bond motifs is 3. The van der Waals surface area contributed by atoms with Gasteiger partial charge in [-0.1, -0.05) is 13.3 Å². The van der Waals surface area contributed by atoms with E-state index in [1.54, 1.807) is 11.0 Å². The van der Waals surface area contributed by atoms with Crippen LogP contribution in [0.15, 0.2) is 30.3 Å². The smallest absolute Gasteiger partial charge is 0.143 e. The Labute approximate surface area is 220 Å².